The van der Waals surface area contributed by atoms with Gasteiger partial charge in [0.25, 0.3) is 5.22 Å². The molecule has 6 heteroatoms. The van der Waals surface area contributed by atoms with Gasteiger partial charge in [0.2, 0.25) is 5.91 Å². The SMILES string of the molecule is O=C(CSc1nc2ccccc2o1)NC(CCO)c1ccccc1. The van der Waals surface area contributed by atoms with Crippen molar-refractivity contribution in [3.05, 3.63) is 60.2 Å². The van der Waals surface area contributed by atoms with E-state index in [1.807, 2.05) is 54.6 Å². The molecule has 0 radical (unpaired) electrons. The van der Waals surface area contributed by atoms with Crippen molar-refractivity contribution < 1.29 is 14.3 Å². The minimum absolute atomic E-state index is 0.0120. The van der Waals surface area contributed by atoms with Crippen LogP contribution in [0.15, 0.2) is 64.2 Å². The Morgan fingerprint density at radius 3 is 2.67 bits per heavy atom. The normalized spacial score (nSPS) is 12.2. The summed E-state index contributed by atoms with van der Waals surface area (Å²) in [6.07, 6.45) is 0.476. The van der Waals surface area contributed by atoms with E-state index in [4.69, 9.17) is 4.42 Å². The highest BCUT2D eigenvalue weighted by atomic mass is 32.2. The molecular formula is C18H18N2O3S. The summed E-state index contributed by atoms with van der Waals surface area (Å²) in [7, 11) is 0. The number of hydrogen-bond donors (Lipinski definition) is 2. The standard InChI is InChI=1S/C18H18N2O3S/c21-11-10-14(13-6-2-1-3-7-13)19-17(22)12-24-18-20-15-8-4-5-9-16(15)23-18/h1-9,14,21H,10-12H2,(H,19,22). The van der Waals surface area contributed by atoms with Gasteiger partial charge in [0.15, 0.2) is 5.58 Å². The molecular weight excluding hydrogens is 324 g/mol. The number of thioether (sulfide) groups is 1. The monoisotopic (exact) mass is 342 g/mol. The Hall–Kier alpha value is -2.31. The van der Waals surface area contributed by atoms with Gasteiger partial charge in [-0.2, -0.15) is 0 Å². The molecule has 1 amide bonds. The summed E-state index contributed by atoms with van der Waals surface area (Å²) < 4.78 is 5.59. The van der Waals surface area contributed by atoms with Gasteiger partial charge in [0.1, 0.15) is 5.52 Å². The Balaban J connectivity index is 1.59. The van der Waals surface area contributed by atoms with Gasteiger partial charge >= 0.3 is 0 Å². The molecule has 2 N–H and O–H groups in total. The van der Waals surface area contributed by atoms with Gasteiger partial charge in [-0.25, -0.2) is 4.98 Å². The van der Waals surface area contributed by atoms with Crippen molar-refractivity contribution in [1.29, 1.82) is 0 Å². The molecule has 0 spiro atoms. The fraction of sp³-hybridized carbons (Fsp3) is 0.222. The molecule has 1 atom stereocenters. The van der Waals surface area contributed by atoms with Gasteiger partial charge in [-0.15, -0.1) is 0 Å². The quantitative estimate of drug-likeness (QED) is 0.645. The first kappa shape index (κ1) is 16.5. The van der Waals surface area contributed by atoms with E-state index < -0.39 is 0 Å². The fourth-order valence-electron chi connectivity index (χ4n) is 2.41. The van der Waals surface area contributed by atoms with Crippen LogP contribution < -0.4 is 5.32 Å². The first-order valence-corrected chi connectivity index (χ1v) is 8.68. The summed E-state index contributed by atoms with van der Waals surface area (Å²) in [5.74, 6) is 0.0891. The highest BCUT2D eigenvalue weighted by molar-refractivity contribution is 7.99. The number of fused-ring (bicyclic) bond motifs is 1. The largest absolute Gasteiger partial charge is 0.431 e. The number of hydrogen-bond acceptors (Lipinski definition) is 5. The Morgan fingerprint density at radius 2 is 1.92 bits per heavy atom. The van der Waals surface area contributed by atoms with Crippen LogP contribution >= 0.6 is 11.8 Å². The molecule has 5 nitrogen and oxygen atoms in total. The van der Waals surface area contributed by atoms with Crippen LogP contribution in [-0.4, -0.2) is 28.4 Å². The summed E-state index contributed by atoms with van der Waals surface area (Å²) in [6.45, 7) is 0.0120. The van der Waals surface area contributed by atoms with Gasteiger partial charge in [-0.1, -0.05) is 54.2 Å². The van der Waals surface area contributed by atoms with E-state index in [0.717, 1.165) is 11.1 Å². The zero-order valence-electron chi connectivity index (χ0n) is 13.0. The Labute approximate surface area is 144 Å². The Bertz CT molecular complexity index is 771. The number of carbonyl (C=O) groups excluding carboxylic acids is 1. The van der Waals surface area contributed by atoms with Gasteiger partial charge < -0.3 is 14.8 Å². The molecule has 24 heavy (non-hydrogen) atoms. The highest BCUT2D eigenvalue weighted by Crippen LogP contribution is 2.23. The van der Waals surface area contributed by atoms with Crippen molar-refractivity contribution in [3.8, 4) is 0 Å². The molecule has 1 unspecified atom stereocenters. The molecule has 0 bridgehead atoms. The number of aliphatic hydroxyl groups excluding tert-OH is 1. The second kappa shape index (κ2) is 7.99. The van der Waals surface area contributed by atoms with E-state index in [-0.39, 0.29) is 24.3 Å². The summed E-state index contributed by atoms with van der Waals surface area (Å²) in [6, 6.07) is 16.9. The van der Waals surface area contributed by atoms with E-state index >= 15 is 0 Å². The Kier molecular flexibility index (Phi) is 5.51. The van der Waals surface area contributed by atoms with Crippen LogP contribution in [0.4, 0.5) is 0 Å². The third-order valence-electron chi connectivity index (χ3n) is 3.56. The zero-order valence-corrected chi connectivity index (χ0v) is 13.8. The number of rotatable bonds is 7. The summed E-state index contributed by atoms with van der Waals surface area (Å²) in [4.78, 5) is 16.5. The first-order valence-electron chi connectivity index (χ1n) is 7.70. The van der Waals surface area contributed by atoms with Gasteiger partial charge in [0.05, 0.1) is 11.8 Å². The molecule has 0 saturated carbocycles. The van der Waals surface area contributed by atoms with Crippen LogP contribution in [0.1, 0.15) is 18.0 Å². The lowest BCUT2D eigenvalue weighted by atomic mass is 10.0. The average Bonchev–Trinajstić information content (AvgIpc) is 3.03. The van der Waals surface area contributed by atoms with E-state index in [0.29, 0.717) is 17.2 Å². The summed E-state index contributed by atoms with van der Waals surface area (Å²) in [5.41, 5.74) is 2.47. The van der Waals surface area contributed by atoms with Crippen molar-refractivity contribution in [3.63, 3.8) is 0 Å². The van der Waals surface area contributed by atoms with Crippen LogP contribution in [-0.2, 0) is 4.79 Å². The molecule has 0 aliphatic heterocycles. The van der Waals surface area contributed by atoms with Crippen LogP contribution in [0.5, 0.6) is 0 Å². The van der Waals surface area contributed by atoms with Crippen LogP contribution in [0, 0.1) is 0 Å². The molecule has 0 fully saturated rings. The number of benzene rings is 2. The number of oxazole rings is 1. The molecule has 3 rings (SSSR count). The van der Waals surface area contributed by atoms with Gasteiger partial charge in [-0.05, 0) is 24.1 Å². The Morgan fingerprint density at radius 1 is 1.17 bits per heavy atom. The fourth-order valence-corrected chi connectivity index (χ4v) is 3.06. The number of para-hydroxylation sites is 2. The number of aliphatic hydroxyl groups is 1. The number of aromatic nitrogens is 1. The highest BCUT2D eigenvalue weighted by Gasteiger charge is 2.15. The third kappa shape index (κ3) is 4.15. The zero-order chi connectivity index (χ0) is 16.8. The number of amides is 1. The second-order valence-electron chi connectivity index (χ2n) is 5.28. The maximum absolute atomic E-state index is 12.2. The molecule has 0 aliphatic rings. The predicted molar refractivity (Wildman–Crippen MR) is 93.8 cm³/mol. The van der Waals surface area contributed by atoms with Crippen LogP contribution in [0.25, 0.3) is 11.1 Å². The topological polar surface area (TPSA) is 75.4 Å². The lowest BCUT2D eigenvalue weighted by Gasteiger charge is -2.18. The van der Waals surface area contributed by atoms with Crippen molar-refractivity contribution in [2.75, 3.05) is 12.4 Å². The van der Waals surface area contributed by atoms with Crippen molar-refractivity contribution in [2.24, 2.45) is 0 Å². The summed E-state index contributed by atoms with van der Waals surface area (Å²) in [5, 5.41) is 12.6. The van der Waals surface area contributed by atoms with E-state index in [1.54, 1.807) is 0 Å². The minimum Gasteiger partial charge on any atom is -0.431 e. The third-order valence-corrected chi connectivity index (χ3v) is 4.38. The number of nitrogens with zero attached hydrogens (tertiary/aromatic N) is 1. The maximum atomic E-state index is 12.2. The number of nitrogens with one attached hydrogen (secondary N) is 1. The molecule has 0 aliphatic carbocycles. The molecule has 1 heterocycles. The minimum atomic E-state index is -0.201. The van der Waals surface area contributed by atoms with Crippen molar-refractivity contribution in [1.82, 2.24) is 10.3 Å². The number of carbonyl (C=O) groups is 1. The predicted octanol–water partition coefficient (Wildman–Crippen LogP) is 3.16. The average molecular weight is 342 g/mol. The molecule has 2 aromatic carbocycles. The van der Waals surface area contributed by atoms with Crippen molar-refractivity contribution >= 4 is 28.8 Å². The second-order valence-corrected chi connectivity index (χ2v) is 6.21. The first-order chi connectivity index (χ1) is 11.8. The van der Waals surface area contributed by atoms with E-state index in [2.05, 4.69) is 10.3 Å². The van der Waals surface area contributed by atoms with E-state index in [1.165, 1.54) is 11.8 Å². The summed E-state index contributed by atoms with van der Waals surface area (Å²) >= 11 is 1.26. The van der Waals surface area contributed by atoms with Gasteiger partial charge in [-0.3, -0.25) is 4.79 Å². The molecule has 0 saturated heterocycles. The lowest BCUT2D eigenvalue weighted by molar-refractivity contribution is -0.119. The molecule has 1 aromatic heterocycles. The van der Waals surface area contributed by atoms with Gasteiger partial charge in [0, 0.05) is 6.61 Å². The molecule has 124 valence electrons. The smallest absolute Gasteiger partial charge is 0.257 e. The lowest BCUT2D eigenvalue weighted by Crippen LogP contribution is -2.30. The van der Waals surface area contributed by atoms with Crippen LogP contribution in [0.3, 0.4) is 0 Å². The molecule has 3 aromatic rings. The maximum Gasteiger partial charge on any atom is 0.257 e. The van der Waals surface area contributed by atoms with Crippen LogP contribution in [0.2, 0.25) is 0 Å². The van der Waals surface area contributed by atoms with Crippen molar-refractivity contribution in [2.45, 2.75) is 17.7 Å². The van der Waals surface area contributed by atoms with E-state index in [9.17, 15) is 9.90 Å².